The summed E-state index contributed by atoms with van der Waals surface area (Å²) in [6.45, 7) is 6.07. The van der Waals surface area contributed by atoms with Gasteiger partial charge in [-0.15, -0.1) is 0 Å². The third-order valence-corrected chi connectivity index (χ3v) is 2.22. The molecule has 0 saturated carbocycles. The molecule has 62 valence electrons. The van der Waals surface area contributed by atoms with Crippen LogP contribution in [0.1, 0.15) is 29.5 Å². The molecule has 1 atom stereocenters. The second kappa shape index (κ2) is 3.40. The van der Waals surface area contributed by atoms with E-state index in [1.54, 1.807) is 0 Å². The fraction of sp³-hybridized carbons (Fsp3) is 0.364. The van der Waals surface area contributed by atoms with Crippen LogP contribution in [-0.2, 0) is 0 Å². The van der Waals surface area contributed by atoms with Crippen LogP contribution < -0.4 is 0 Å². The molecule has 0 fully saturated rings. The van der Waals surface area contributed by atoms with E-state index < -0.39 is 0 Å². The quantitative estimate of drug-likeness (QED) is 0.618. The lowest BCUT2D eigenvalue weighted by atomic mass is 9.98. The predicted molar refractivity (Wildman–Crippen MR) is 49.9 cm³/mol. The minimum absolute atomic E-state index is 0.00398. The third kappa shape index (κ3) is 1.65. The number of nitriles is 1. The number of hydrogen-bond donors (Lipinski definition) is 0. The molecule has 0 aliphatic carbocycles. The zero-order valence-electron chi connectivity index (χ0n) is 7.76. The third-order valence-electron chi connectivity index (χ3n) is 2.22. The van der Waals surface area contributed by atoms with Crippen LogP contribution in [-0.4, -0.2) is 0 Å². The van der Waals surface area contributed by atoms with Crippen molar-refractivity contribution in [1.29, 1.82) is 5.26 Å². The van der Waals surface area contributed by atoms with Gasteiger partial charge >= 0.3 is 0 Å². The topological polar surface area (TPSA) is 23.8 Å². The Balaban J connectivity index is 3.06. The molecule has 0 bridgehead atoms. The van der Waals surface area contributed by atoms with Gasteiger partial charge in [0.2, 0.25) is 0 Å². The minimum atomic E-state index is 0.00398. The molecular weight excluding hydrogens is 146 g/mol. The maximum absolute atomic E-state index is 8.70. The Bertz CT molecular complexity index is 320. The normalized spacial score (nSPS) is 12.2. The summed E-state index contributed by atoms with van der Waals surface area (Å²) < 4.78 is 0. The van der Waals surface area contributed by atoms with E-state index in [0.29, 0.717) is 0 Å². The van der Waals surface area contributed by atoms with E-state index in [1.165, 1.54) is 11.1 Å². The maximum Gasteiger partial charge on any atom is 0.0700 e. The summed E-state index contributed by atoms with van der Waals surface area (Å²) in [6.07, 6.45) is 0. The Labute approximate surface area is 73.6 Å². The summed E-state index contributed by atoms with van der Waals surface area (Å²) in [5.41, 5.74) is 3.65. The molecule has 0 heterocycles. The zero-order chi connectivity index (χ0) is 9.14. The number of rotatable bonds is 1. The van der Waals surface area contributed by atoms with Crippen molar-refractivity contribution in [2.75, 3.05) is 0 Å². The van der Waals surface area contributed by atoms with Crippen LogP contribution >= 0.6 is 0 Å². The average Bonchev–Trinajstić information content (AvgIpc) is 2.08. The van der Waals surface area contributed by atoms with Gasteiger partial charge in [0.1, 0.15) is 0 Å². The van der Waals surface area contributed by atoms with E-state index in [4.69, 9.17) is 5.26 Å². The Morgan fingerprint density at radius 3 is 2.42 bits per heavy atom. The molecule has 1 unspecified atom stereocenters. The Morgan fingerprint density at radius 2 is 1.92 bits per heavy atom. The first-order valence-electron chi connectivity index (χ1n) is 4.12. The molecule has 12 heavy (non-hydrogen) atoms. The monoisotopic (exact) mass is 159 g/mol. The van der Waals surface area contributed by atoms with Crippen molar-refractivity contribution in [2.45, 2.75) is 26.7 Å². The van der Waals surface area contributed by atoms with Crippen LogP contribution in [0.4, 0.5) is 0 Å². The molecule has 0 saturated heterocycles. The molecule has 0 N–H and O–H groups in total. The fourth-order valence-electron chi connectivity index (χ4n) is 1.11. The summed E-state index contributed by atoms with van der Waals surface area (Å²) in [5.74, 6) is 0.00398. The molecule has 0 aliphatic rings. The number of hydrogen-bond acceptors (Lipinski definition) is 1. The van der Waals surface area contributed by atoms with E-state index in [2.05, 4.69) is 32.0 Å². The molecule has 1 aromatic rings. The first kappa shape index (κ1) is 8.80. The van der Waals surface area contributed by atoms with Gasteiger partial charge in [0.25, 0.3) is 0 Å². The smallest absolute Gasteiger partial charge is 0.0700 e. The Hall–Kier alpha value is -1.29. The molecule has 1 nitrogen and oxygen atoms in total. The molecule has 0 amide bonds. The summed E-state index contributed by atoms with van der Waals surface area (Å²) in [4.78, 5) is 0. The van der Waals surface area contributed by atoms with Gasteiger partial charge in [0, 0.05) is 0 Å². The second-order valence-electron chi connectivity index (χ2n) is 3.19. The largest absolute Gasteiger partial charge is 0.198 e. The van der Waals surface area contributed by atoms with Crippen molar-refractivity contribution in [2.24, 2.45) is 0 Å². The van der Waals surface area contributed by atoms with Gasteiger partial charge in [-0.3, -0.25) is 0 Å². The van der Waals surface area contributed by atoms with Crippen LogP contribution in [0.25, 0.3) is 0 Å². The Morgan fingerprint density at radius 1 is 1.25 bits per heavy atom. The van der Waals surface area contributed by atoms with Crippen molar-refractivity contribution in [3.63, 3.8) is 0 Å². The van der Waals surface area contributed by atoms with Gasteiger partial charge in [0.05, 0.1) is 12.0 Å². The lowest BCUT2D eigenvalue weighted by Crippen LogP contribution is -1.91. The highest BCUT2D eigenvalue weighted by molar-refractivity contribution is 5.33. The molecule has 0 aliphatic heterocycles. The molecule has 1 aromatic carbocycles. The van der Waals surface area contributed by atoms with E-state index in [1.807, 2.05) is 13.0 Å². The van der Waals surface area contributed by atoms with E-state index in [-0.39, 0.29) is 5.92 Å². The van der Waals surface area contributed by atoms with Crippen molar-refractivity contribution in [1.82, 2.24) is 0 Å². The lowest BCUT2D eigenvalue weighted by molar-refractivity contribution is 0.976. The van der Waals surface area contributed by atoms with E-state index in [0.717, 1.165) is 5.56 Å². The average molecular weight is 159 g/mol. The van der Waals surface area contributed by atoms with E-state index >= 15 is 0 Å². The van der Waals surface area contributed by atoms with Crippen molar-refractivity contribution in [3.05, 3.63) is 34.9 Å². The first-order chi connectivity index (χ1) is 5.65. The highest BCUT2D eigenvalue weighted by atomic mass is 14.3. The highest BCUT2D eigenvalue weighted by Gasteiger charge is 2.03. The molecule has 0 spiro atoms. The predicted octanol–water partition coefficient (Wildman–Crippen LogP) is 2.93. The molecular formula is C11H13N. The van der Waals surface area contributed by atoms with Gasteiger partial charge in [-0.2, -0.15) is 5.26 Å². The van der Waals surface area contributed by atoms with Gasteiger partial charge < -0.3 is 0 Å². The number of benzene rings is 1. The zero-order valence-corrected chi connectivity index (χ0v) is 7.76. The fourth-order valence-corrected chi connectivity index (χ4v) is 1.11. The van der Waals surface area contributed by atoms with Crippen molar-refractivity contribution < 1.29 is 0 Å². The van der Waals surface area contributed by atoms with Gasteiger partial charge in [0.15, 0.2) is 0 Å². The van der Waals surface area contributed by atoms with Crippen LogP contribution in [0.2, 0.25) is 0 Å². The second-order valence-corrected chi connectivity index (χ2v) is 3.19. The summed E-state index contributed by atoms with van der Waals surface area (Å²) in [7, 11) is 0. The summed E-state index contributed by atoms with van der Waals surface area (Å²) in [6, 6.07) is 8.41. The van der Waals surface area contributed by atoms with E-state index in [9.17, 15) is 0 Å². The molecule has 1 rings (SSSR count). The lowest BCUT2D eigenvalue weighted by Gasteiger charge is -2.05. The van der Waals surface area contributed by atoms with Crippen LogP contribution in [0, 0.1) is 25.2 Å². The van der Waals surface area contributed by atoms with Crippen LogP contribution in [0.5, 0.6) is 0 Å². The first-order valence-corrected chi connectivity index (χ1v) is 4.12. The molecule has 1 heteroatoms. The highest BCUT2D eigenvalue weighted by Crippen LogP contribution is 2.17. The Kier molecular flexibility index (Phi) is 2.50. The molecule has 0 radical (unpaired) electrons. The van der Waals surface area contributed by atoms with Gasteiger partial charge in [-0.25, -0.2) is 0 Å². The molecule has 0 aromatic heterocycles. The van der Waals surface area contributed by atoms with Crippen LogP contribution in [0.15, 0.2) is 18.2 Å². The number of nitrogens with zero attached hydrogens (tertiary/aromatic N) is 1. The van der Waals surface area contributed by atoms with Crippen molar-refractivity contribution >= 4 is 0 Å². The van der Waals surface area contributed by atoms with Crippen LogP contribution in [0.3, 0.4) is 0 Å². The van der Waals surface area contributed by atoms with Crippen molar-refractivity contribution in [3.8, 4) is 6.07 Å². The SMILES string of the molecule is Cc1ccc(C(C)C#N)cc1C. The van der Waals surface area contributed by atoms with Gasteiger partial charge in [-0.05, 0) is 37.5 Å². The summed E-state index contributed by atoms with van der Waals surface area (Å²) in [5, 5.41) is 8.70. The maximum atomic E-state index is 8.70. The summed E-state index contributed by atoms with van der Waals surface area (Å²) >= 11 is 0. The standard InChI is InChI=1S/C11H13N/c1-8-4-5-11(6-9(8)2)10(3)7-12/h4-6,10H,1-3H3. The number of aryl methyl sites for hydroxylation is 2. The minimum Gasteiger partial charge on any atom is -0.198 e. The van der Waals surface area contributed by atoms with Gasteiger partial charge in [-0.1, -0.05) is 18.2 Å².